The van der Waals surface area contributed by atoms with Crippen molar-refractivity contribution in [2.24, 2.45) is 5.73 Å². The first-order valence-electron chi connectivity index (χ1n) is 5.91. The second-order valence-corrected chi connectivity index (χ2v) is 4.78. The lowest BCUT2D eigenvalue weighted by Gasteiger charge is -2.37. The fourth-order valence-electron chi connectivity index (χ4n) is 1.94. The number of nitrogens with zero attached hydrogens (tertiary/aromatic N) is 2. The van der Waals surface area contributed by atoms with E-state index in [1.807, 2.05) is 0 Å². The summed E-state index contributed by atoms with van der Waals surface area (Å²) < 4.78 is 0. The number of hydrogen-bond acceptors (Lipinski definition) is 3. The molecule has 0 radical (unpaired) electrons. The van der Waals surface area contributed by atoms with Crippen LogP contribution in [0.25, 0.3) is 0 Å². The van der Waals surface area contributed by atoms with Gasteiger partial charge in [0.25, 0.3) is 0 Å². The van der Waals surface area contributed by atoms with Gasteiger partial charge in [0.15, 0.2) is 0 Å². The quantitative estimate of drug-likeness (QED) is 0.715. The Hall–Kier alpha value is -0.190. The van der Waals surface area contributed by atoms with Crippen LogP contribution in [0, 0.1) is 0 Å². The molecule has 0 aromatic carbocycles. The van der Waals surface area contributed by atoms with Crippen LogP contribution in [0.1, 0.15) is 26.7 Å². The van der Waals surface area contributed by atoms with Crippen molar-refractivity contribution in [3.8, 4) is 0 Å². The fraction of sp³-hybridized carbons (Fsp3) is 0.909. The number of nitrogens with two attached hydrogens (primary N) is 1. The van der Waals surface area contributed by atoms with Gasteiger partial charge in [-0.05, 0) is 19.9 Å². The number of unbranched alkanes of at least 4 members (excludes halogenated alkanes) is 1. The normalized spacial score (nSPS) is 21.5. The Kier molecular flexibility index (Phi) is 5.50. The van der Waals surface area contributed by atoms with E-state index in [2.05, 4.69) is 23.6 Å². The zero-order chi connectivity index (χ0) is 11.3. The maximum atomic E-state index is 5.66. The molecule has 1 saturated heterocycles. The van der Waals surface area contributed by atoms with Crippen LogP contribution in [0.2, 0.25) is 0 Å². The highest BCUT2D eigenvalue weighted by molar-refractivity contribution is 7.80. The van der Waals surface area contributed by atoms with Gasteiger partial charge in [-0.2, -0.15) is 0 Å². The predicted molar refractivity (Wildman–Crippen MR) is 69.2 cm³/mol. The average Bonchev–Trinajstić information content (AvgIpc) is 2.26. The first kappa shape index (κ1) is 12.9. The van der Waals surface area contributed by atoms with E-state index in [4.69, 9.17) is 18.0 Å². The van der Waals surface area contributed by atoms with Crippen molar-refractivity contribution in [3.63, 3.8) is 0 Å². The van der Waals surface area contributed by atoms with E-state index in [0.717, 1.165) is 26.2 Å². The van der Waals surface area contributed by atoms with Crippen LogP contribution in [0.3, 0.4) is 0 Å². The molecule has 0 spiro atoms. The van der Waals surface area contributed by atoms with Gasteiger partial charge in [0.2, 0.25) is 0 Å². The third-order valence-corrected chi connectivity index (χ3v) is 3.54. The van der Waals surface area contributed by atoms with Crippen molar-refractivity contribution in [1.82, 2.24) is 9.80 Å². The maximum absolute atomic E-state index is 5.66. The second-order valence-electron chi connectivity index (χ2n) is 4.31. The van der Waals surface area contributed by atoms with Gasteiger partial charge in [0.05, 0.1) is 11.0 Å². The molecule has 1 atom stereocenters. The number of hydrogen-bond donors (Lipinski definition) is 1. The highest BCUT2D eigenvalue weighted by atomic mass is 32.1. The summed E-state index contributed by atoms with van der Waals surface area (Å²) in [6.07, 6.45) is 2.59. The number of rotatable bonds is 5. The Labute approximate surface area is 98.6 Å². The van der Waals surface area contributed by atoms with E-state index in [1.54, 1.807) is 0 Å². The summed E-state index contributed by atoms with van der Waals surface area (Å²) in [5.74, 6) is 0. The molecule has 0 aliphatic carbocycles. The summed E-state index contributed by atoms with van der Waals surface area (Å²) in [4.78, 5) is 5.54. The molecular formula is C11H23N3S. The van der Waals surface area contributed by atoms with E-state index in [0.29, 0.717) is 4.99 Å². The zero-order valence-corrected chi connectivity index (χ0v) is 10.7. The third kappa shape index (κ3) is 4.05. The first-order valence-corrected chi connectivity index (χ1v) is 6.31. The Morgan fingerprint density at radius 3 is 2.40 bits per heavy atom. The molecule has 1 unspecified atom stereocenters. The van der Waals surface area contributed by atoms with Crippen LogP contribution in [-0.2, 0) is 0 Å². The first-order chi connectivity index (χ1) is 7.15. The molecule has 0 saturated carbocycles. The monoisotopic (exact) mass is 229 g/mol. The lowest BCUT2D eigenvalue weighted by atomic mass is 10.2. The minimum Gasteiger partial charge on any atom is -0.392 e. The Balaban J connectivity index is 2.26. The van der Waals surface area contributed by atoms with Gasteiger partial charge in [-0.25, -0.2) is 0 Å². The van der Waals surface area contributed by atoms with Crippen molar-refractivity contribution in [2.45, 2.75) is 32.7 Å². The van der Waals surface area contributed by atoms with Gasteiger partial charge in [-0.3, -0.25) is 4.90 Å². The van der Waals surface area contributed by atoms with Gasteiger partial charge in [-0.1, -0.05) is 25.6 Å². The highest BCUT2D eigenvalue weighted by Crippen LogP contribution is 2.07. The number of piperazine rings is 1. The molecule has 15 heavy (non-hydrogen) atoms. The molecule has 1 aliphatic rings. The smallest absolute Gasteiger partial charge is 0.0899 e. The van der Waals surface area contributed by atoms with Crippen molar-refractivity contribution in [3.05, 3.63) is 0 Å². The summed E-state index contributed by atoms with van der Waals surface area (Å²) in [5, 5.41) is 0. The topological polar surface area (TPSA) is 32.5 Å². The summed E-state index contributed by atoms with van der Waals surface area (Å²) in [7, 11) is 0. The second kappa shape index (κ2) is 6.40. The third-order valence-electron chi connectivity index (χ3n) is 3.19. The molecule has 1 aliphatic heterocycles. The van der Waals surface area contributed by atoms with Crippen molar-refractivity contribution < 1.29 is 0 Å². The molecule has 1 fully saturated rings. The Morgan fingerprint density at radius 1 is 1.33 bits per heavy atom. The highest BCUT2D eigenvalue weighted by Gasteiger charge is 2.21. The molecule has 2 N–H and O–H groups in total. The summed E-state index contributed by atoms with van der Waals surface area (Å²) in [5.41, 5.74) is 5.66. The minimum absolute atomic E-state index is 0.258. The van der Waals surface area contributed by atoms with Gasteiger partial charge >= 0.3 is 0 Å². The molecule has 3 nitrogen and oxygen atoms in total. The molecular weight excluding hydrogens is 206 g/mol. The number of thiocarbonyl (C=S) groups is 1. The van der Waals surface area contributed by atoms with Gasteiger partial charge in [0, 0.05) is 26.2 Å². The van der Waals surface area contributed by atoms with E-state index < -0.39 is 0 Å². The lowest BCUT2D eigenvalue weighted by Crippen LogP contribution is -2.52. The maximum Gasteiger partial charge on any atom is 0.0899 e. The summed E-state index contributed by atoms with van der Waals surface area (Å²) >= 11 is 5.02. The van der Waals surface area contributed by atoms with Crippen LogP contribution >= 0.6 is 12.2 Å². The zero-order valence-electron chi connectivity index (χ0n) is 9.91. The predicted octanol–water partition coefficient (Wildman–Crippen LogP) is 1.08. The van der Waals surface area contributed by atoms with E-state index in [-0.39, 0.29) is 6.04 Å². The van der Waals surface area contributed by atoms with Gasteiger partial charge in [0.1, 0.15) is 0 Å². The van der Waals surface area contributed by atoms with E-state index in [9.17, 15) is 0 Å². The average molecular weight is 229 g/mol. The Bertz CT molecular complexity index is 200. The lowest BCUT2D eigenvalue weighted by molar-refractivity contribution is 0.122. The molecule has 0 aromatic rings. The van der Waals surface area contributed by atoms with Crippen molar-refractivity contribution >= 4 is 17.2 Å². The van der Waals surface area contributed by atoms with Crippen molar-refractivity contribution in [2.75, 3.05) is 32.7 Å². The van der Waals surface area contributed by atoms with Gasteiger partial charge in [-0.15, -0.1) is 0 Å². The molecule has 1 heterocycles. The van der Waals surface area contributed by atoms with Crippen LogP contribution < -0.4 is 5.73 Å². The molecule has 1 rings (SSSR count). The molecule has 0 bridgehead atoms. The van der Waals surface area contributed by atoms with Crippen LogP contribution in [0.15, 0.2) is 0 Å². The molecule has 0 aromatic heterocycles. The van der Waals surface area contributed by atoms with Crippen LogP contribution in [0.4, 0.5) is 0 Å². The Morgan fingerprint density at radius 2 is 1.93 bits per heavy atom. The van der Waals surface area contributed by atoms with E-state index >= 15 is 0 Å². The minimum atomic E-state index is 0.258. The largest absolute Gasteiger partial charge is 0.392 e. The van der Waals surface area contributed by atoms with Crippen LogP contribution in [-0.4, -0.2) is 53.6 Å². The van der Waals surface area contributed by atoms with Crippen LogP contribution in [0.5, 0.6) is 0 Å². The molecule has 4 heteroatoms. The van der Waals surface area contributed by atoms with Crippen molar-refractivity contribution in [1.29, 1.82) is 0 Å². The summed E-state index contributed by atoms with van der Waals surface area (Å²) in [6.45, 7) is 10.1. The summed E-state index contributed by atoms with van der Waals surface area (Å²) in [6, 6.07) is 0.258. The standard InChI is InChI=1S/C11H23N3S/c1-3-4-5-13-6-8-14(9-7-13)10(2)11(12)15/h10H,3-9H2,1-2H3,(H2,12,15). The van der Waals surface area contributed by atoms with Gasteiger partial charge < -0.3 is 10.6 Å². The molecule has 88 valence electrons. The molecule has 0 amide bonds. The SMILES string of the molecule is CCCCN1CCN(C(C)C(N)=S)CC1. The fourth-order valence-corrected chi connectivity index (χ4v) is 2.08. The van der Waals surface area contributed by atoms with E-state index in [1.165, 1.54) is 19.4 Å².